The van der Waals surface area contributed by atoms with Crippen LogP contribution < -0.4 is 4.90 Å². The summed E-state index contributed by atoms with van der Waals surface area (Å²) in [5, 5.41) is 8.48. The molecule has 5 nitrogen and oxygen atoms in total. The molecule has 0 radical (unpaired) electrons. The van der Waals surface area contributed by atoms with Gasteiger partial charge in [-0.2, -0.15) is 0 Å². The summed E-state index contributed by atoms with van der Waals surface area (Å²) in [6.45, 7) is 0.886. The molecule has 0 saturated heterocycles. The number of rotatable bonds is 3. The molecule has 1 aliphatic heterocycles. The Morgan fingerprint density at radius 2 is 2.04 bits per heavy atom. The summed E-state index contributed by atoms with van der Waals surface area (Å²) in [7, 11) is 0. The summed E-state index contributed by atoms with van der Waals surface area (Å²) in [4.78, 5) is 6.53. The van der Waals surface area contributed by atoms with Crippen molar-refractivity contribution in [2.75, 3.05) is 11.4 Å². The van der Waals surface area contributed by atoms with Gasteiger partial charge in [0.05, 0.1) is 0 Å². The first kappa shape index (κ1) is 14.9. The van der Waals surface area contributed by atoms with Crippen molar-refractivity contribution in [1.29, 1.82) is 0 Å². The first-order chi connectivity index (χ1) is 11.8. The molecule has 1 unspecified atom stereocenters. The van der Waals surface area contributed by atoms with Crippen molar-refractivity contribution in [2.24, 2.45) is 0 Å². The van der Waals surface area contributed by atoms with Crippen molar-refractivity contribution >= 4 is 22.5 Å². The van der Waals surface area contributed by atoms with E-state index in [-0.39, 0.29) is 0 Å². The molecule has 0 aliphatic carbocycles. The number of pyridine rings is 1. The molecule has 0 fully saturated rings. The molecule has 6 heteroatoms. The number of benzene rings is 1. The maximum absolute atomic E-state index is 4.29. The maximum atomic E-state index is 4.29. The molecule has 0 spiro atoms. The molecule has 2 aromatic heterocycles. The molecule has 0 amide bonds. The molecule has 3 heterocycles. The summed E-state index contributed by atoms with van der Waals surface area (Å²) in [5.74, 6) is 0.759. The zero-order valence-electron chi connectivity index (χ0n) is 12.9. The van der Waals surface area contributed by atoms with Crippen molar-refractivity contribution in [3.8, 4) is 17.1 Å². The normalized spacial score (nSPS) is 13.9. The van der Waals surface area contributed by atoms with Gasteiger partial charge < -0.3 is 0 Å². The average molecular weight is 377 g/mol. The minimum atomic E-state index is 0.759. The Morgan fingerprint density at radius 1 is 1.08 bits per heavy atom. The second-order valence-corrected chi connectivity index (χ2v) is 6.87. The van der Waals surface area contributed by atoms with Crippen LogP contribution in [0.4, 0.5) is 5.69 Å². The van der Waals surface area contributed by atoms with Gasteiger partial charge in [-0.05, 0) is 6.07 Å². The van der Waals surface area contributed by atoms with Gasteiger partial charge >= 0.3 is 143 Å². The van der Waals surface area contributed by atoms with Crippen LogP contribution in [-0.4, -0.2) is 43.4 Å². The van der Waals surface area contributed by atoms with E-state index in [1.165, 1.54) is 4.36 Å². The molecule has 1 aliphatic rings. The van der Waals surface area contributed by atoms with Crippen LogP contribution in [0.15, 0.2) is 77.6 Å². The fourth-order valence-corrected chi connectivity index (χ4v) is 3.26. The molecular weight excluding hydrogens is 361 g/mol. The monoisotopic (exact) mass is 377 g/mol. The summed E-state index contributed by atoms with van der Waals surface area (Å²) in [6, 6.07) is 14.1. The third-order valence-corrected chi connectivity index (χ3v) is 4.48. The molecule has 0 saturated carbocycles. The molecule has 1 atom stereocenters. The predicted molar refractivity (Wildman–Crippen MR) is 97.7 cm³/mol. The Hall–Kier alpha value is -2.65. The van der Waals surface area contributed by atoms with Crippen molar-refractivity contribution in [1.82, 2.24) is 20.0 Å². The van der Waals surface area contributed by atoms with E-state index < -0.39 is 0 Å². The number of nitrogens with zero attached hydrogens (tertiary/aromatic N) is 5. The predicted octanol–water partition coefficient (Wildman–Crippen LogP) is 2.18. The first-order valence-electron chi connectivity index (χ1n) is 7.64. The number of hydrogen-bond acceptors (Lipinski definition) is 4. The SMILES string of the molecule is [AsH2]C1=CN(c2cccc(-c3cn(-c4ccccn4)nn3)c2)CC=C1. The summed E-state index contributed by atoms with van der Waals surface area (Å²) in [5.41, 5.74) is 3.03. The fourth-order valence-electron chi connectivity index (χ4n) is 2.60. The van der Waals surface area contributed by atoms with E-state index in [4.69, 9.17) is 0 Å². The van der Waals surface area contributed by atoms with Gasteiger partial charge in [-0.3, -0.25) is 0 Å². The molecule has 3 aromatic rings. The molecule has 4 rings (SSSR count). The molecular formula is C18H16AsN5. The third-order valence-electron chi connectivity index (χ3n) is 3.77. The van der Waals surface area contributed by atoms with Gasteiger partial charge in [0.1, 0.15) is 0 Å². The van der Waals surface area contributed by atoms with E-state index in [1.807, 2.05) is 24.4 Å². The second kappa shape index (κ2) is 6.46. The number of allylic oxidation sites excluding steroid dienone is 2. The number of aromatic nitrogens is 4. The Balaban J connectivity index is 1.65. The van der Waals surface area contributed by atoms with Crippen LogP contribution >= 0.6 is 0 Å². The fraction of sp³-hybridized carbons (Fsp3) is 0.0556. The van der Waals surface area contributed by atoms with Crippen LogP contribution in [0.5, 0.6) is 0 Å². The van der Waals surface area contributed by atoms with Crippen LogP contribution in [0.2, 0.25) is 0 Å². The Kier molecular flexibility index (Phi) is 4.01. The number of anilines is 1. The van der Waals surface area contributed by atoms with Crippen LogP contribution in [0.1, 0.15) is 0 Å². The van der Waals surface area contributed by atoms with Gasteiger partial charge in [0.25, 0.3) is 0 Å². The van der Waals surface area contributed by atoms with Crippen LogP contribution in [0.25, 0.3) is 17.1 Å². The minimum absolute atomic E-state index is 0.759. The molecule has 0 bridgehead atoms. The Bertz CT molecular complexity index is 914. The summed E-state index contributed by atoms with van der Waals surface area (Å²) < 4.78 is 3.00. The number of hydrogen-bond donors (Lipinski definition) is 0. The van der Waals surface area contributed by atoms with E-state index in [2.05, 4.69) is 62.8 Å². The molecule has 24 heavy (non-hydrogen) atoms. The Labute approximate surface area is 148 Å². The van der Waals surface area contributed by atoms with E-state index in [0.29, 0.717) is 0 Å². The van der Waals surface area contributed by atoms with E-state index in [9.17, 15) is 0 Å². The van der Waals surface area contributed by atoms with Gasteiger partial charge in [0.2, 0.25) is 0 Å². The van der Waals surface area contributed by atoms with Crippen LogP contribution in [0, 0.1) is 0 Å². The van der Waals surface area contributed by atoms with Gasteiger partial charge in [-0.25, -0.2) is 0 Å². The van der Waals surface area contributed by atoms with Crippen LogP contribution in [0.3, 0.4) is 0 Å². The van der Waals surface area contributed by atoms with E-state index >= 15 is 0 Å². The van der Waals surface area contributed by atoms with Crippen molar-refractivity contribution < 1.29 is 0 Å². The average Bonchev–Trinajstić information content (AvgIpc) is 3.13. The quantitative estimate of drug-likeness (QED) is 0.657. The van der Waals surface area contributed by atoms with Crippen molar-refractivity contribution in [3.05, 3.63) is 77.6 Å². The van der Waals surface area contributed by atoms with E-state index in [1.54, 1.807) is 27.7 Å². The Morgan fingerprint density at radius 3 is 2.88 bits per heavy atom. The summed E-state index contributed by atoms with van der Waals surface area (Å²) >= 11 is 1.63. The topological polar surface area (TPSA) is 46.8 Å². The second-order valence-electron chi connectivity index (χ2n) is 5.47. The van der Waals surface area contributed by atoms with Crippen molar-refractivity contribution in [2.45, 2.75) is 0 Å². The zero-order valence-corrected chi connectivity index (χ0v) is 15.4. The van der Waals surface area contributed by atoms with Gasteiger partial charge in [-0.15, -0.1) is 0 Å². The third kappa shape index (κ3) is 3.03. The zero-order chi connectivity index (χ0) is 16.4. The van der Waals surface area contributed by atoms with E-state index in [0.717, 1.165) is 29.3 Å². The summed E-state index contributed by atoms with van der Waals surface area (Å²) in [6.07, 6.45) is 10.2. The standard InChI is InChI=1S/C18H16AsN5/c19-15-6-4-10-23(12-15)16-7-3-5-14(11-16)17-13-24(22-21-17)18-8-1-2-9-20-18/h1-9,11-13H,10,19H2. The first-order valence-corrected chi connectivity index (χ1v) is 8.85. The van der Waals surface area contributed by atoms with Gasteiger partial charge in [0, 0.05) is 0 Å². The van der Waals surface area contributed by atoms with Crippen LogP contribution in [-0.2, 0) is 0 Å². The van der Waals surface area contributed by atoms with Gasteiger partial charge in [-0.1, -0.05) is 0 Å². The van der Waals surface area contributed by atoms with Gasteiger partial charge in [0.15, 0.2) is 0 Å². The molecule has 118 valence electrons. The molecule has 1 aromatic carbocycles. The van der Waals surface area contributed by atoms with Crippen molar-refractivity contribution in [3.63, 3.8) is 0 Å². The molecule has 0 N–H and O–H groups in total.